The molecule has 2 rings (SSSR count). The Morgan fingerprint density at radius 2 is 2.19 bits per heavy atom. The van der Waals surface area contributed by atoms with Gasteiger partial charge in [0.05, 0.1) is 25.2 Å². The number of carboxylic acid groups (broad SMARTS) is 1. The molecule has 9 heteroatoms. The normalized spacial score (nSPS) is 25.5. The molecule has 0 bridgehead atoms. The second-order valence-corrected chi connectivity index (χ2v) is 5.95. The number of amides is 1. The SMILES string of the molecule is C[C@@H](O)[C@H]1C(=O)N2C(C(=O)O)=C(CCOC(=O)CN)S[C@H]12. The summed E-state index contributed by atoms with van der Waals surface area (Å²) in [7, 11) is 0. The van der Waals surface area contributed by atoms with Crippen molar-refractivity contribution in [2.75, 3.05) is 13.2 Å². The van der Waals surface area contributed by atoms with E-state index in [0.717, 1.165) is 0 Å². The van der Waals surface area contributed by atoms with E-state index >= 15 is 0 Å². The van der Waals surface area contributed by atoms with Crippen LogP contribution in [0.15, 0.2) is 10.6 Å². The molecule has 0 aromatic rings. The van der Waals surface area contributed by atoms with Crippen LogP contribution in [0.1, 0.15) is 13.3 Å². The van der Waals surface area contributed by atoms with Crippen LogP contribution in [-0.4, -0.2) is 57.6 Å². The lowest BCUT2D eigenvalue weighted by atomic mass is 9.92. The number of hydrogen-bond donors (Lipinski definition) is 3. The number of ether oxygens (including phenoxy) is 1. The Morgan fingerprint density at radius 3 is 2.71 bits per heavy atom. The molecular weight excluding hydrogens is 300 g/mol. The molecule has 1 fully saturated rings. The summed E-state index contributed by atoms with van der Waals surface area (Å²) in [6.07, 6.45) is -0.638. The lowest BCUT2D eigenvalue weighted by molar-refractivity contribution is -0.156. The number of hydrogen-bond acceptors (Lipinski definition) is 7. The average Bonchev–Trinajstić information content (AvgIpc) is 2.72. The summed E-state index contributed by atoms with van der Waals surface area (Å²) in [6, 6.07) is 0. The van der Waals surface area contributed by atoms with E-state index in [1.165, 1.54) is 23.6 Å². The monoisotopic (exact) mass is 316 g/mol. The molecule has 1 saturated heterocycles. The van der Waals surface area contributed by atoms with Gasteiger partial charge in [0.25, 0.3) is 0 Å². The fraction of sp³-hybridized carbons (Fsp3) is 0.583. The maximum atomic E-state index is 11.9. The number of nitrogens with zero attached hydrogens (tertiary/aromatic N) is 1. The Hall–Kier alpha value is -1.58. The summed E-state index contributed by atoms with van der Waals surface area (Å²) in [5, 5.41) is 18.4. The minimum absolute atomic E-state index is 0.00322. The highest BCUT2D eigenvalue weighted by molar-refractivity contribution is 8.04. The van der Waals surface area contributed by atoms with Gasteiger partial charge >= 0.3 is 11.9 Å². The van der Waals surface area contributed by atoms with E-state index in [-0.39, 0.29) is 25.3 Å². The second kappa shape index (κ2) is 6.04. The van der Waals surface area contributed by atoms with Gasteiger partial charge in [0.2, 0.25) is 5.91 Å². The van der Waals surface area contributed by atoms with Gasteiger partial charge < -0.3 is 20.7 Å². The first kappa shape index (κ1) is 15.8. The Morgan fingerprint density at radius 1 is 1.52 bits per heavy atom. The van der Waals surface area contributed by atoms with Crippen LogP contribution < -0.4 is 5.73 Å². The third kappa shape index (κ3) is 2.76. The molecule has 2 aliphatic heterocycles. The molecule has 8 nitrogen and oxygen atoms in total. The standard InChI is InChI=1S/C12H16N2O6S/c1-5(15)8-10(17)14-9(12(18)19)6(21-11(8)14)2-3-20-7(16)4-13/h5,8,11,15H,2-4,13H2,1H3,(H,18,19)/t5-,8+,11-/m1/s1. The second-order valence-electron chi connectivity index (χ2n) is 4.73. The number of aliphatic hydroxyl groups excluding tert-OH is 1. The Kier molecular flexibility index (Phi) is 4.55. The molecule has 4 N–H and O–H groups in total. The maximum Gasteiger partial charge on any atom is 0.353 e. The molecule has 0 radical (unpaired) electrons. The summed E-state index contributed by atoms with van der Waals surface area (Å²) < 4.78 is 4.82. The van der Waals surface area contributed by atoms with Crippen molar-refractivity contribution < 1.29 is 29.3 Å². The largest absolute Gasteiger partial charge is 0.477 e. The van der Waals surface area contributed by atoms with Crippen LogP contribution in [0.4, 0.5) is 0 Å². The number of esters is 1. The molecule has 0 aliphatic carbocycles. The van der Waals surface area contributed by atoms with Crippen LogP contribution in [0.3, 0.4) is 0 Å². The number of fused-ring (bicyclic) bond motifs is 1. The predicted octanol–water partition coefficient (Wildman–Crippen LogP) is -0.913. The first-order valence-corrected chi connectivity index (χ1v) is 7.26. The Bertz CT molecular complexity index is 518. The number of β-lactam (4-membered cyclic amide) rings is 1. The van der Waals surface area contributed by atoms with Gasteiger partial charge in [0.15, 0.2) is 0 Å². The molecule has 0 saturated carbocycles. The molecule has 1 amide bonds. The summed E-state index contributed by atoms with van der Waals surface area (Å²) in [4.78, 5) is 35.9. The summed E-state index contributed by atoms with van der Waals surface area (Å²) in [5.41, 5.74) is 5.01. The third-order valence-corrected chi connectivity index (χ3v) is 4.76. The topological polar surface area (TPSA) is 130 Å². The van der Waals surface area contributed by atoms with Crippen molar-refractivity contribution in [2.45, 2.75) is 24.8 Å². The number of carboxylic acids is 1. The number of nitrogens with two attached hydrogens (primary N) is 1. The van der Waals surface area contributed by atoms with Crippen LogP contribution in [0.5, 0.6) is 0 Å². The zero-order valence-electron chi connectivity index (χ0n) is 11.3. The highest BCUT2D eigenvalue weighted by atomic mass is 32.2. The first-order chi connectivity index (χ1) is 9.88. The van der Waals surface area contributed by atoms with Gasteiger partial charge in [-0.1, -0.05) is 0 Å². The van der Waals surface area contributed by atoms with Crippen LogP contribution >= 0.6 is 11.8 Å². The minimum atomic E-state index is -1.21. The van der Waals surface area contributed by atoms with Crippen LogP contribution in [0.25, 0.3) is 0 Å². The smallest absolute Gasteiger partial charge is 0.353 e. The molecule has 116 valence electrons. The molecule has 3 atom stereocenters. The van der Waals surface area contributed by atoms with Gasteiger partial charge in [-0.25, -0.2) is 4.79 Å². The first-order valence-electron chi connectivity index (χ1n) is 6.38. The molecule has 0 aromatic carbocycles. The zero-order valence-corrected chi connectivity index (χ0v) is 12.1. The number of carbonyl (C=O) groups excluding carboxylic acids is 2. The van der Waals surface area contributed by atoms with Gasteiger partial charge in [0, 0.05) is 11.3 Å². The third-order valence-electron chi connectivity index (χ3n) is 3.33. The lowest BCUT2D eigenvalue weighted by Gasteiger charge is -2.43. The quantitative estimate of drug-likeness (QED) is 0.424. The Labute approximate surface area is 124 Å². The fourth-order valence-electron chi connectivity index (χ4n) is 2.35. The molecule has 0 unspecified atom stereocenters. The van der Waals surface area contributed by atoms with Crippen molar-refractivity contribution in [1.29, 1.82) is 0 Å². The van der Waals surface area contributed by atoms with E-state index in [4.69, 9.17) is 10.5 Å². The van der Waals surface area contributed by atoms with Gasteiger partial charge in [-0.3, -0.25) is 14.5 Å². The maximum absolute atomic E-state index is 11.9. The lowest BCUT2D eigenvalue weighted by Crippen LogP contribution is -2.60. The van der Waals surface area contributed by atoms with Crippen LogP contribution in [-0.2, 0) is 19.1 Å². The Balaban J connectivity index is 2.08. The van der Waals surface area contributed by atoms with Crippen LogP contribution in [0, 0.1) is 5.92 Å². The molecule has 21 heavy (non-hydrogen) atoms. The minimum Gasteiger partial charge on any atom is -0.477 e. The fourth-order valence-corrected chi connectivity index (χ4v) is 3.94. The van der Waals surface area contributed by atoms with Crippen molar-refractivity contribution >= 4 is 29.6 Å². The van der Waals surface area contributed by atoms with E-state index in [1.807, 2.05) is 0 Å². The number of carbonyl (C=O) groups is 3. The zero-order chi connectivity index (χ0) is 15.7. The average molecular weight is 316 g/mol. The summed E-state index contributed by atoms with van der Waals surface area (Å²) in [6.45, 7) is 1.26. The molecule has 0 aromatic heterocycles. The number of rotatable bonds is 6. The summed E-state index contributed by atoms with van der Waals surface area (Å²) >= 11 is 1.22. The van der Waals surface area contributed by atoms with Gasteiger partial charge in [-0.05, 0) is 6.92 Å². The van der Waals surface area contributed by atoms with Crippen molar-refractivity contribution in [3.05, 3.63) is 10.6 Å². The molecule has 2 aliphatic rings. The van der Waals surface area contributed by atoms with Crippen LogP contribution in [0.2, 0.25) is 0 Å². The number of aliphatic carboxylic acids is 1. The highest BCUT2D eigenvalue weighted by Gasteiger charge is 2.57. The molecular formula is C12H16N2O6S. The van der Waals surface area contributed by atoms with E-state index in [1.54, 1.807) is 0 Å². The number of thioether (sulfide) groups is 1. The van der Waals surface area contributed by atoms with E-state index < -0.39 is 35.2 Å². The van der Waals surface area contributed by atoms with E-state index in [2.05, 4.69) is 0 Å². The van der Waals surface area contributed by atoms with Gasteiger partial charge in [0.1, 0.15) is 11.1 Å². The summed E-state index contributed by atoms with van der Waals surface area (Å²) in [5.74, 6) is -2.78. The molecule has 0 spiro atoms. The predicted molar refractivity (Wildman–Crippen MR) is 72.7 cm³/mol. The van der Waals surface area contributed by atoms with Gasteiger partial charge in [-0.15, -0.1) is 11.8 Å². The highest BCUT2D eigenvalue weighted by Crippen LogP contribution is 2.51. The van der Waals surface area contributed by atoms with Crippen molar-refractivity contribution in [3.63, 3.8) is 0 Å². The van der Waals surface area contributed by atoms with Crippen molar-refractivity contribution in [1.82, 2.24) is 4.90 Å². The van der Waals surface area contributed by atoms with Gasteiger partial charge in [-0.2, -0.15) is 0 Å². The van der Waals surface area contributed by atoms with E-state index in [0.29, 0.717) is 4.91 Å². The molecule has 2 heterocycles. The number of aliphatic hydroxyl groups is 1. The van der Waals surface area contributed by atoms with Crippen molar-refractivity contribution in [2.24, 2.45) is 11.7 Å². The van der Waals surface area contributed by atoms with E-state index in [9.17, 15) is 24.6 Å². The van der Waals surface area contributed by atoms with Crippen molar-refractivity contribution in [3.8, 4) is 0 Å².